The number of carbonyl (C=O) groups excluding carboxylic acids is 1. The molecule has 2 bridgehead atoms. The third-order valence-electron chi connectivity index (χ3n) is 11.8. The molecule has 15 heteroatoms. The molecule has 5 atom stereocenters. The average Bonchev–Trinajstić information content (AvgIpc) is 3.76. The van der Waals surface area contributed by atoms with Gasteiger partial charge in [-0.15, -0.1) is 6.42 Å². The maximum absolute atomic E-state index is 17.0. The highest BCUT2D eigenvalue weighted by Gasteiger charge is 2.51. The topological polar surface area (TPSA) is 152 Å². The Bertz CT molecular complexity index is 2250. The first-order chi connectivity index (χ1) is 25.7. The molecular weight excluding hydrogens is 705 g/mol. The Hall–Kier alpha value is -5.20. The minimum Gasteiger partial charge on any atom is -0.508 e. The number of phenols is 1. The number of anilines is 1. The lowest BCUT2D eigenvalue weighted by Gasteiger charge is -2.43. The van der Waals surface area contributed by atoms with Gasteiger partial charge in [-0.1, -0.05) is 12.0 Å². The lowest BCUT2D eigenvalue weighted by Crippen LogP contribution is -2.60. The van der Waals surface area contributed by atoms with Gasteiger partial charge in [-0.2, -0.15) is 9.97 Å². The molecule has 12 nitrogen and oxygen atoms in total. The van der Waals surface area contributed by atoms with Crippen LogP contribution in [0.2, 0.25) is 0 Å². The van der Waals surface area contributed by atoms with E-state index in [1.807, 2.05) is 4.90 Å². The highest BCUT2D eigenvalue weighted by molar-refractivity contribution is 6.03. The molecule has 54 heavy (non-hydrogen) atoms. The minimum atomic E-state index is -1.77. The number of aromatic nitrogens is 3. The number of hydrogen-bond acceptors (Lipinski definition) is 10. The Labute approximate surface area is 308 Å². The molecule has 0 aliphatic carbocycles. The number of carboxylic acids is 1. The van der Waals surface area contributed by atoms with Gasteiger partial charge in [0.25, 0.3) is 5.91 Å². The normalized spacial score (nSPS) is 24.6. The van der Waals surface area contributed by atoms with Crippen LogP contribution in [-0.4, -0.2) is 115 Å². The van der Waals surface area contributed by atoms with Crippen molar-refractivity contribution in [3.8, 4) is 35.4 Å². The number of ether oxygens (including phenoxy) is 1. The van der Waals surface area contributed by atoms with Crippen LogP contribution in [-0.2, 0) is 9.59 Å². The molecule has 4 aliphatic rings. The summed E-state index contributed by atoms with van der Waals surface area (Å²) in [6, 6.07) is 4.26. The van der Waals surface area contributed by atoms with Crippen LogP contribution in [0.3, 0.4) is 0 Å². The maximum atomic E-state index is 17.0. The molecule has 2 aromatic heterocycles. The van der Waals surface area contributed by atoms with E-state index >= 15 is 4.39 Å². The number of benzene rings is 2. The van der Waals surface area contributed by atoms with Crippen LogP contribution in [0.15, 0.2) is 30.5 Å². The van der Waals surface area contributed by atoms with Gasteiger partial charge in [0.05, 0.1) is 21.9 Å². The Morgan fingerprint density at radius 1 is 1.15 bits per heavy atom. The van der Waals surface area contributed by atoms with Crippen molar-refractivity contribution in [3.63, 3.8) is 0 Å². The summed E-state index contributed by atoms with van der Waals surface area (Å²) in [5.74, 6) is -1.19. The van der Waals surface area contributed by atoms with Crippen molar-refractivity contribution in [2.75, 3.05) is 37.7 Å². The van der Waals surface area contributed by atoms with Crippen molar-refractivity contribution in [1.29, 1.82) is 0 Å². The number of carboxylic acid groups (broad SMARTS) is 1. The number of aliphatic hydroxyl groups is 1. The van der Waals surface area contributed by atoms with Crippen molar-refractivity contribution in [2.24, 2.45) is 5.41 Å². The number of aliphatic hydroxyl groups excluding tert-OH is 1. The second-order valence-corrected chi connectivity index (χ2v) is 15.5. The van der Waals surface area contributed by atoms with E-state index in [1.54, 1.807) is 4.90 Å². The van der Waals surface area contributed by atoms with E-state index < -0.39 is 58.8 Å². The van der Waals surface area contributed by atoms with E-state index in [-0.39, 0.29) is 70.4 Å². The predicted molar refractivity (Wildman–Crippen MR) is 192 cm³/mol. The monoisotopic (exact) mass is 744 g/mol. The Balaban J connectivity index is 1.22. The first kappa shape index (κ1) is 35.8. The molecule has 0 spiro atoms. The molecule has 282 valence electrons. The van der Waals surface area contributed by atoms with Crippen LogP contribution >= 0.6 is 0 Å². The number of hydrogen-bond donors (Lipinski definition) is 3. The zero-order valence-electron chi connectivity index (χ0n) is 29.7. The number of nitrogens with zero attached hydrogens (tertiary/aromatic N) is 6. The molecule has 8 rings (SSSR count). The van der Waals surface area contributed by atoms with Crippen LogP contribution in [0, 0.1) is 29.4 Å². The highest BCUT2D eigenvalue weighted by Crippen LogP contribution is 2.43. The number of piperazine rings is 1. The Kier molecular flexibility index (Phi) is 8.61. The molecule has 0 saturated carbocycles. The van der Waals surface area contributed by atoms with Crippen molar-refractivity contribution < 1.29 is 42.8 Å². The molecule has 4 saturated heterocycles. The summed E-state index contributed by atoms with van der Waals surface area (Å²) in [4.78, 5) is 44.6. The van der Waals surface area contributed by atoms with Crippen molar-refractivity contribution in [3.05, 3.63) is 47.7 Å². The number of alkyl halides is 1. The van der Waals surface area contributed by atoms with Crippen LogP contribution < -0.4 is 9.64 Å². The number of halogens is 3. The molecule has 3 N–H and O–H groups in total. The van der Waals surface area contributed by atoms with E-state index in [2.05, 4.69) is 20.8 Å². The van der Waals surface area contributed by atoms with Gasteiger partial charge < -0.3 is 29.9 Å². The lowest BCUT2D eigenvalue weighted by atomic mass is 9.85. The van der Waals surface area contributed by atoms with Gasteiger partial charge in [-0.3, -0.25) is 19.5 Å². The van der Waals surface area contributed by atoms with Gasteiger partial charge in [0.1, 0.15) is 47.5 Å². The fourth-order valence-electron chi connectivity index (χ4n) is 8.92. The van der Waals surface area contributed by atoms with E-state index in [9.17, 15) is 33.7 Å². The minimum absolute atomic E-state index is 0.0490. The number of phenolic OH excluding ortho intramolecular Hbond substituents is 1. The molecular formula is C39H39F3N6O6. The molecule has 0 radical (unpaired) electrons. The van der Waals surface area contributed by atoms with Gasteiger partial charge in [0.2, 0.25) is 0 Å². The molecule has 2 aromatic carbocycles. The molecule has 1 amide bonds. The maximum Gasteiger partial charge on any atom is 0.319 e. The fourth-order valence-corrected chi connectivity index (χ4v) is 8.92. The van der Waals surface area contributed by atoms with Gasteiger partial charge in [0.15, 0.2) is 5.82 Å². The van der Waals surface area contributed by atoms with Crippen molar-refractivity contribution in [1.82, 2.24) is 24.8 Å². The number of rotatable bonds is 8. The van der Waals surface area contributed by atoms with Crippen molar-refractivity contribution >= 4 is 39.4 Å². The summed E-state index contributed by atoms with van der Waals surface area (Å²) in [5.41, 5.74) is -2.76. The average molecular weight is 745 g/mol. The number of carbonyl (C=O) groups is 2. The van der Waals surface area contributed by atoms with Crippen LogP contribution in [0.4, 0.5) is 19.0 Å². The lowest BCUT2D eigenvalue weighted by molar-refractivity contribution is -0.165. The third kappa shape index (κ3) is 5.65. The zero-order chi connectivity index (χ0) is 38.3. The van der Waals surface area contributed by atoms with Gasteiger partial charge >= 0.3 is 12.0 Å². The van der Waals surface area contributed by atoms with Gasteiger partial charge in [-0.25, -0.2) is 13.2 Å². The smallest absolute Gasteiger partial charge is 0.319 e. The zero-order valence-corrected chi connectivity index (χ0v) is 29.7. The second kappa shape index (κ2) is 13.0. The quantitative estimate of drug-likeness (QED) is 0.220. The van der Waals surface area contributed by atoms with E-state index in [0.29, 0.717) is 31.2 Å². The fraction of sp³-hybridized carbons (Fsp3) is 0.462. The molecule has 2 unspecified atom stereocenters. The summed E-state index contributed by atoms with van der Waals surface area (Å²) in [6.07, 6.45) is 7.36. The summed E-state index contributed by atoms with van der Waals surface area (Å²) >= 11 is 0. The second-order valence-electron chi connectivity index (χ2n) is 15.5. The van der Waals surface area contributed by atoms with Crippen LogP contribution in [0.1, 0.15) is 51.5 Å². The molecule has 4 aromatic rings. The van der Waals surface area contributed by atoms with Gasteiger partial charge in [-0.05, 0) is 69.7 Å². The van der Waals surface area contributed by atoms with E-state index in [1.165, 1.54) is 44.3 Å². The third-order valence-corrected chi connectivity index (χ3v) is 11.8. The summed E-state index contributed by atoms with van der Waals surface area (Å²) < 4.78 is 52.8. The number of amides is 1. The Morgan fingerprint density at radius 2 is 1.89 bits per heavy atom. The predicted octanol–water partition coefficient (Wildman–Crippen LogP) is 4.42. The largest absolute Gasteiger partial charge is 0.508 e. The summed E-state index contributed by atoms with van der Waals surface area (Å²) in [6.45, 7) is 4.16. The van der Waals surface area contributed by atoms with Gasteiger partial charge in [0, 0.05) is 55.3 Å². The molecule has 4 fully saturated rings. The number of aliphatic carboxylic acids is 1. The number of terminal acetylenes is 1. The van der Waals surface area contributed by atoms with Crippen LogP contribution in [0.5, 0.6) is 11.8 Å². The molecule has 4 aliphatic heterocycles. The first-order valence-corrected chi connectivity index (χ1v) is 18.0. The summed E-state index contributed by atoms with van der Waals surface area (Å²) in [5, 5.41) is 31.9. The Morgan fingerprint density at radius 3 is 2.59 bits per heavy atom. The SMILES string of the molecule is C#Cc1c(F)ccc2cc(O)cc(-c3ncc4c(N5CC6CCC(C5)N6C(=O)[C@H](O)C(C)(C)C(=O)O)nc(OC[C@@]56CCCN5C[C@H](F)C6)nc4c3F)c12. The number of aromatic hydroxyl groups is 1. The summed E-state index contributed by atoms with van der Waals surface area (Å²) in [7, 11) is 0. The van der Waals surface area contributed by atoms with Crippen molar-refractivity contribution in [2.45, 2.75) is 75.8 Å². The van der Waals surface area contributed by atoms with E-state index in [4.69, 9.17) is 16.1 Å². The molecule has 6 heterocycles. The van der Waals surface area contributed by atoms with Crippen LogP contribution in [0.25, 0.3) is 32.9 Å². The number of pyridine rings is 1. The highest BCUT2D eigenvalue weighted by atomic mass is 19.1. The standard InChI is InChI=1S/C39H39F3N6O6/c1-4-25-28(41)9-6-20-12-24(49)13-26(29(20)25)31-30(42)32-27(15-43-31)34(45-37(44-32)54-19-39-10-5-11-47(39)16-21(40)14-39)46-17-22-7-8-23(18-46)48(22)35(51)33(50)38(2,3)36(52)53/h1,6,9,12-13,15,21-23,33,49-50H,5,7-8,10-11,14,16-19H2,2-3H3,(H,52,53)/t21-,22?,23?,33+,39+/m1/s1. The number of fused-ring (bicyclic) bond motifs is 5. The van der Waals surface area contributed by atoms with E-state index in [0.717, 1.165) is 19.4 Å². The first-order valence-electron chi connectivity index (χ1n) is 18.0.